The van der Waals surface area contributed by atoms with Gasteiger partial charge in [0.1, 0.15) is 0 Å². The van der Waals surface area contributed by atoms with Crippen LogP contribution in [0.1, 0.15) is 30.6 Å². The Hall–Kier alpha value is -1.59. The van der Waals surface area contributed by atoms with Gasteiger partial charge in [0.15, 0.2) is 0 Å². The fourth-order valence-electron chi connectivity index (χ4n) is 2.51. The second-order valence-electron chi connectivity index (χ2n) is 5.23. The number of benzene rings is 1. The first-order valence-electron chi connectivity index (χ1n) is 7.56. The number of hydrogen-bond donors (Lipinski definition) is 2. The first-order chi connectivity index (χ1) is 10.2. The smallest absolute Gasteiger partial charge is 0.253 e. The van der Waals surface area contributed by atoms with Crippen molar-refractivity contribution in [3.63, 3.8) is 0 Å². The molecule has 1 fully saturated rings. The van der Waals surface area contributed by atoms with Crippen molar-refractivity contribution >= 4 is 29.9 Å². The highest BCUT2D eigenvalue weighted by molar-refractivity contribution is 5.96. The lowest BCUT2D eigenvalue weighted by Crippen LogP contribution is -2.30. The van der Waals surface area contributed by atoms with E-state index in [0.717, 1.165) is 25.2 Å². The van der Waals surface area contributed by atoms with E-state index in [1.807, 2.05) is 13.8 Å². The van der Waals surface area contributed by atoms with Crippen LogP contribution in [0.4, 0.5) is 5.69 Å². The van der Waals surface area contributed by atoms with Gasteiger partial charge in [-0.05, 0) is 51.1 Å². The van der Waals surface area contributed by atoms with Crippen molar-refractivity contribution < 1.29 is 9.59 Å². The first-order valence-corrected chi connectivity index (χ1v) is 7.56. The Bertz CT molecular complexity index is 495. The Morgan fingerprint density at radius 2 is 1.86 bits per heavy atom. The summed E-state index contributed by atoms with van der Waals surface area (Å²) in [7, 11) is 0. The van der Waals surface area contributed by atoms with Gasteiger partial charge >= 0.3 is 0 Å². The second-order valence-corrected chi connectivity index (χ2v) is 5.23. The van der Waals surface area contributed by atoms with Gasteiger partial charge in [0.05, 0.1) is 5.92 Å². The maximum absolute atomic E-state index is 12.2. The molecule has 1 aliphatic heterocycles. The van der Waals surface area contributed by atoms with Crippen molar-refractivity contribution in [2.45, 2.75) is 20.3 Å². The lowest BCUT2D eigenvalue weighted by molar-refractivity contribution is -0.119. The largest absolute Gasteiger partial charge is 0.339 e. The zero-order valence-electron chi connectivity index (χ0n) is 13.1. The lowest BCUT2D eigenvalue weighted by atomic mass is 10.1. The third kappa shape index (κ3) is 4.45. The van der Waals surface area contributed by atoms with Gasteiger partial charge in [-0.3, -0.25) is 9.59 Å². The quantitative estimate of drug-likeness (QED) is 0.872. The molecule has 6 heteroatoms. The minimum absolute atomic E-state index is 0. The average Bonchev–Trinajstić information content (AvgIpc) is 3.03. The average molecular weight is 326 g/mol. The van der Waals surface area contributed by atoms with Gasteiger partial charge < -0.3 is 15.5 Å². The number of carbonyl (C=O) groups excluding carboxylic acids is 2. The molecular formula is C16H24ClN3O2. The van der Waals surface area contributed by atoms with Crippen LogP contribution < -0.4 is 10.6 Å². The summed E-state index contributed by atoms with van der Waals surface area (Å²) >= 11 is 0. The number of halogens is 1. The van der Waals surface area contributed by atoms with Crippen LogP contribution in [0.2, 0.25) is 0 Å². The van der Waals surface area contributed by atoms with E-state index in [0.29, 0.717) is 18.7 Å². The summed E-state index contributed by atoms with van der Waals surface area (Å²) in [5.41, 5.74) is 1.39. The maximum Gasteiger partial charge on any atom is 0.253 e. The SMILES string of the molecule is CCN(CC)C(=O)c1ccc(NC(=O)C2CCNC2)cc1.Cl. The summed E-state index contributed by atoms with van der Waals surface area (Å²) in [6.07, 6.45) is 0.879. The van der Waals surface area contributed by atoms with Crippen LogP contribution >= 0.6 is 12.4 Å². The van der Waals surface area contributed by atoms with E-state index in [1.165, 1.54) is 0 Å². The Morgan fingerprint density at radius 3 is 2.36 bits per heavy atom. The molecule has 0 spiro atoms. The zero-order chi connectivity index (χ0) is 15.2. The van der Waals surface area contributed by atoms with Gasteiger partial charge in [0, 0.05) is 30.9 Å². The van der Waals surface area contributed by atoms with Crippen molar-refractivity contribution in [1.29, 1.82) is 0 Å². The molecular weight excluding hydrogens is 302 g/mol. The van der Waals surface area contributed by atoms with Crippen LogP contribution in [0, 0.1) is 5.92 Å². The normalized spacial score (nSPS) is 16.7. The third-order valence-corrected chi connectivity index (χ3v) is 3.88. The van der Waals surface area contributed by atoms with E-state index < -0.39 is 0 Å². The Balaban J connectivity index is 0.00000242. The van der Waals surface area contributed by atoms with Gasteiger partial charge in [0.2, 0.25) is 5.91 Å². The summed E-state index contributed by atoms with van der Waals surface area (Å²) in [4.78, 5) is 26.0. The van der Waals surface area contributed by atoms with Crippen LogP contribution in [0.5, 0.6) is 0 Å². The standard InChI is InChI=1S/C16H23N3O2.ClH/c1-3-19(4-2)16(21)12-5-7-14(8-6-12)18-15(20)13-9-10-17-11-13;/h5-8,13,17H,3-4,9-11H2,1-2H3,(H,18,20);1H. The molecule has 1 aliphatic rings. The van der Waals surface area contributed by atoms with E-state index in [9.17, 15) is 9.59 Å². The minimum atomic E-state index is 0. The number of rotatable bonds is 5. The molecule has 0 radical (unpaired) electrons. The van der Waals surface area contributed by atoms with Crippen molar-refractivity contribution in [2.75, 3.05) is 31.5 Å². The van der Waals surface area contributed by atoms with Crippen LogP contribution in [-0.4, -0.2) is 42.9 Å². The Morgan fingerprint density at radius 1 is 1.23 bits per heavy atom. The predicted molar refractivity (Wildman–Crippen MR) is 90.5 cm³/mol. The molecule has 1 atom stereocenters. The predicted octanol–water partition coefficient (Wildman–Crippen LogP) is 2.14. The molecule has 2 rings (SSSR count). The molecule has 1 heterocycles. The molecule has 1 aromatic rings. The molecule has 22 heavy (non-hydrogen) atoms. The molecule has 0 saturated carbocycles. The summed E-state index contributed by atoms with van der Waals surface area (Å²) < 4.78 is 0. The van der Waals surface area contributed by atoms with E-state index in [4.69, 9.17) is 0 Å². The van der Waals surface area contributed by atoms with Gasteiger partial charge in [-0.1, -0.05) is 0 Å². The van der Waals surface area contributed by atoms with Gasteiger partial charge in [-0.25, -0.2) is 0 Å². The molecule has 1 unspecified atom stereocenters. The van der Waals surface area contributed by atoms with Crippen molar-refractivity contribution in [1.82, 2.24) is 10.2 Å². The molecule has 0 aliphatic carbocycles. The number of amides is 2. The number of anilines is 1. The van der Waals surface area contributed by atoms with Crippen LogP contribution in [-0.2, 0) is 4.79 Å². The highest BCUT2D eigenvalue weighted by atomic mass is 35.5. The highest BCUT2D eigenvalue weighted by Crippen LogP contribution is 2.15. The topological polar surface area (TPSA) is 61.4 Å². The van der Waals surface area contributed by atoms with Gasteiger partial charge in [0.25, 0.3) is 5.91 Å². The Labute approximate surface area is 137 Å². The number of carbonyl (C=O) groups is 2. The fraction of sp³-hybridized carbons (Fsp3) is 0.500. The second kappa shape index (κ2) is 8.76. The monoisotopic (exact) mass is 325 g/mol. The fourth-order valence-corrected chi connectivity index (χ4v) is 2.51. The summed E-state index contributed by atoms with van der Waals surface area (Å²) in [5.74, 6) is 0.114. The summed E-state index contributed by atoms with van der Waals surface area (Å²) in [6.45, 7) is 6.96. The molecule has 1 saturated heterocycles. The molecule has 2 N–H and O–H groups in total. The van der Waals surface area contributed by atoms with E-state index in [1.54, 1.807) is 29.2 Å². The molecule has 122 valence electrons. The van der Waals surface area contributed by atoms with Crippen molar-refractivity contribution in [3.8, 4) is 0 Å². The first kappa shape index (κ1) is 18.5. The number of hydrogen-bond acceptors (Lipinski definition) is 3. The van der Waals surface area contributed by atoms with E-state index in [2.05, 4.69) is 10.6 Å². The van der Waals surface area contributed by atoms with Crippen LogP contribution in [0.15, 0.2) is 24.3 Å². The van der Waals surface area contributed by atoms with E-state index in [-0.39, 0.29) is 30.1 Å². The molecule has 2 amide bonds. The zero-order valence-corrected chi connectivity index (χ0v) is 13.9. The number of nitrogens with zero attached hydrogens (tertiary/aromatic N) is 1. The molecule has 1 aromatic carbocycles. The minimum Gasteiger partial charge on any atom is -0.339 e. The van der Waals surface area contributed by atoms with E-state index >= 15 is 0 Å². The van der Waals surface area contributed by atoms with Crippen LogP contribution in [0.3, 0.4) is 0 Å². The molecule has 5 nitrogen and oxygen atoms in total. The third-order valence-electron chi connectivity index (χ3n) is 3.88. The number of nitrogens with one attached hydrogen (secondary N) is 2. The highest BCUT2D eigenvalue weighted by Gasteiger charge is 2.22. The van der Waals surface area contributed by atoms with Gasteiger partial charge in [-0.2, -0.15) is 0 Å². The molecule has 0 aromatic heterocycles. The molecule has 0 bridgehead atoms. The lowest BCUT2D eigenvalue weighted by Gasteiger charge is -2.18. The summed E-state index contributed by atoms with van der Waals surface area (Å²) in [5, 5.41) is 6.08. The maximum atomic E-state index is 12.2. The summed E-state index contributed by atoms with van der Waals surface area (Å²) in [6, 6.07) is 7.11. The van der Waals surface area contributed by atoms with Gasteiger partial charge in [-0.15, -0.1) is 12.4 Å². The van der Waals surface area contributed by atoms with Crippen LogP contribution in [0.25, 0.3) is 0 Å². The van der Waals surface area contributed by atoms with Crippen molar-refractivity contribution in [2.24, 2.45) is 5.92 Å². The Kier molecular flexibility index (Phi) is 7.35. The van der Waals surface area contributed by atoms with Crippen molar-refractivity contribution in [3.05, 3.63) is 29.8 Å².